The second-order valence-electron chi connectivity index (χ2n) is 9.83. The highest BCUT2D eigenvalue weighted by Crippen LogP contribution is 2.30. The first-order valence-electron chi connectivity index (χ1n) is 13.6. The first-order valence-corrected chi connectivity index (χ1v) is 13.6. The summed E-state index contributed by atoms with van der Waals surface area (Å²) >= 11 is 0. The van der Waals surface area contributed by atoms with Crippen LogP contribution in [0.2, 0.25) is 0 Å². The lowest BCUT2D eigenvalue weighted by Gasteiger charge is -2.37. The van der Waals surface area contributed by atoms with Gasteiger partial charge in [0, 0.05) is 69.3 Å². The van der Waals surface area contributed by atoms with Crippen LogP contribution in [-0.4, -0.2) is 92.0 Å². The highest BCUT2D eigenvalue weighted by molar-refractivity contribution is 6.07. The Morgan fingerprint density at radius 1 is 0.825 bits per heavy atom. The molecule has 5 rings (SSSR count). The van der Waals surface area contributed by atoms with Crippen molar-refractivity contribution in [2.24, 2.45) is 0 Å². The lowest BCUT2D eigenvalue weighted by Crippen LogP contribution is -2.49. The first kappa shape index (κ1) is 27.1. The van der Waals surface area contributed by atoms with E-state index in [0.29, 0.717) is 67.4 Å². The fraction of sp³-hybridized carbons (Fsp3) is 0.333. The third-order valence-electron chi connectivity index (χ3n) is 7.27. The smallest absolute Gasteiger partial charge is 0.257 e. The van der Waals surface area contributed by atoms with Gasteiger partial charge >= 0.3 is 0 Å². The summed E-state index contributed by atoms with van der Waals surface area (Å²) in [7, 11) is 1.58. The quantitative estimate of drug-likeness (QED) is 0.493. The minimum Gasteiger partial charge on any atom is -0.497 e. The maximum absolute atomic E-state index is 13.4. The summed E-state index contributed by atoms with van der Waals surface area (Å²) in [6.45, 7) is 5.18. The molecule has 3 amide bonds. The molecule has 208 valence electrons. The minimum absolute atomic E-state index is 0.0449. The third-order valence-corrected chi connectivity index (χ3v) is 7.27. The molecule has 0 radical (unpaired) electrons. The zero-order valence-electron chi connectivity index (χ0n) is 22.6. The van der Waals surface area contributed by atoms with Gasteiger partial charge in [0.2, 0.25) is 0 Å². The van der Waals surface area contributed by atoms with E-state index < -0.39 is 0 Å². The fourth-order valence-corrected chi connectivity index (χ4v) is 5.06. The Morgan fingerprint density at radius 2 is 1.57 bits per heavy atom. The van der Waals surface area contributed by atoms with Crippen molar-refractivity contribution in [1.29, 1.82) is 0 Å². The van der Waals surface area contributed by atoms with Gasteiger partial charge in [-0.25, -0.2) is 0 Å². The summed E-state index contributed by atoms with van der Waals surface area (Å²) in [5.74, 6) is 0.242. The van der Waals surface area contributed by atoms with Crippen molar-refractivity contribution in [3.8, 4) is 5.75 Å². The Labute approximate surface area is 233 Å². The van der Waals surface area contributed by atoms with Crippen LogP contribution in [0.4, 0.5) is 11.4 Å². The molecule has 2 aliphatic heterocycles. The Balaban J connectivity index is 1.35. The van der Waals surface area contributed by atoms with Crippen LogP contribution in [0.5, 0.6) is 5.75 Å². The van der Waals surface area contributed by atoms with Gasteiger partial charge in [-0.1, -0.05) is 6.07 Å². The number of aromatic nitrogens is 1. The van der Waals surface area contributed by atoms with Crippen molar-refractivity contribution in [2.75, 3.05) is 69.7 Å². The molecule has 2 aliphatic rings. The van der Waals surface area contributed by atoms with Crippen LogP contribution in [-0.2, 0) is 0 Å². The SMILES string of the molecule is COc1cccc(C(=O)N2CCN(c3ccc(C(=O)N4CCCNCC4)cc3NC(=O)c3cccnc3)CC2)c1. The summed E-state index contributed by atoms with van der Waals surface area (Å²) in [5.41, 5.74) is 2.90. The largest absolute Gasteiger partial charge is 0.497 e. The number of pyridine rings is 1. The standard InChI is InChI=1S/C30H34N6O4/c1-40-25-7-2-5-22(19-25)29(38)36-17-15-34(16-18-36)27-9-8-23(30(39)35-13-4-11-31-12-14-35)20-26(27)33-28(37)24-6-3-10-32-21-24/h2-3,5-10,19-21,31H,4,11-18H2,1H3,(H,33,37). The summed E-state index contributed by atoms with van der Waals surface area (Å²) in [4.78, 5) is 49.4. The van der Waals surface area contributed by atoms with Gasteiger partial charge in [-0.3, -0.25) is 19.4 Å². The van der Waals surface area contributed by atoms with E-state index in [-0.39, 0.29) is 17.7 Å². The number of nitrogens with zero attached hydrogens (tertiary/aromatic N) is 4. The van der Waals surface area contributed by atoms with Gasteiger partial charge in [-0.2, -0.15) is 0 Å². The van der Waals surface area contributed by atoms with Crippen molar-refractivity contribution in [1.82, 2.24) is 20.1 Å². The first-order chi connectivity index (χ1) is 19.5. The minimum atomic E-state index is -0.301. The Bertz CT molecular complexity index is 1350. The van der Waals surface area contributed by atoms with E-state index >= 15 is 0 Å². The van der Waals surface area contributed by atoms with E-state index in [1.165, 1.54) is 6.20 Å². The molecule has 0 bridgehead atoms. The van der Waals surface area contributed by atoms with Crippen LogP contribution < -0.4 is 20.3 Å². The molecule has 0 atom stereocenters. The van der Waals surface area contributed by atoms with Gasteiger partial charge in [0.05, 0.1) is 24.0 Å². The summed E-state index contributed by atoms with van der Waals surface area (Å²) in [6.07, 6.45) is 4.02. The monoisotopic (exact) mass is 542 g/mol. The van der Waals surface area contributed by atoms with Gasteiger partial charge in [-0.05, 0) is 61.5 Å². The van der Waals surface area contributed by atoms with Crippen molar-refractivity contribution in [2.45, 2.75) is 6.42 Å². The number of rotatable bonds is 6. The lowest BCUT2D eigenvalue weighted by atomic mass is 10.1. The average molecular weight is 543 g/mol. The molecule has 0 unspecified atom stereocenters. The number of methoxy groups -OCH3 is 1. The molecule has 10 heteroatoms. The van der Waals surface area contributed by atoms with Gasteiger partial charge in [-0.15, -0.1) is 0 Å². The molecule has 0 spiro atoms. The Kier molecular flexibility index (Phi) is 8.56. The van der Waals surface area contributed by atoms with E-state index in [0.717, 1.165) is 25.2 Å². The molecule has 0 saturated carbocycles. The average Bonchev–Trinajstić information content (AvgIpc) is 3.31. The molecule has 2 N–H and O–H groups in total. The van der Waals surface area contributed by atoms with Crippen LogP contribution in [0.3, 0.4) is 0 Å². The predicted octanol–water partition coefficient (Wildman–Crippen LogP) is 2.74. The third kappa shape index (κ3) is 6.23. The molecular weight excluding hydrogens is 508 g/mol. The number of nitrogens with one attached hydrogen (secondary N) is 2. The van der Waals surface area contributed by atoms with Crippen LogP contribution in [0, 0.1) is 0 Å². The Morgan fingerprint density at radius 3 is 2.33 bits per heavy atom. The molecule has 0 aliphatic carbocycles. The van der Waals surface area contributed by atoms with Gasteiger partial charge in [0.1, 0.15) is 5.75 Å². The number of anilines is 2. The zero-order chi connectivity index (χ0) is 27.9. The molecule has 2 aromatic carbocycles. The number of amides is 3. The van der Waals surface area contributed by atoms with E-state index in [1.54, 1.807) is 43.6 Å². The number of hydrogen-bond acceptors (Lipinski definition) is 7. The van der Waals surface area contributed by atoms with Crippen molar-refractivity contribution in [3.05, 3.63) is 83.7 Å². The molecule has 2 fully saturated rings. The molecule has 3 aromatic rings. The molecule has 10 nitrogen and oxygen atoms in total. The van der Waals surface area contributed by atoms with E-state index in [9.17, 15) is 14.4 Å². The molecule has 1 aromatic heterocycles. The Hall–Kier alpha value is -4.44. The fourth-order valence-electron chi connectivity index (χ4n) is 5.06. The summed E-state index contributed by atoms with van der Waals surface area (Å²) < 4.78 is 5.27. The number of ether oxygens (including phenoxy) is 1. The predicted molar refractivity (Wildman–Crippen MR) is 153 cm³/mol. The number of benzene rings is 2. The topological polar surface area (TPSA) is 107 Å². The number of hydrogen-bond donors (Lipinski definition) is 2. The van der Waals surface area contributed by atoms with E-state index in [4.69, 9.17) is 4.74 Å². The molecule has 40 heavy (non-hydrogen) atoms. The molecule has 2 saturated heterocycles. The number of carbonyl (C=O) groups excluding carboxylic acids is 3. The highest BCUT2D eigenvalue weighted by atomic mass is 16.5. The molecular formula is C30H34N6O4. The second kappa shape index (κ2) is 12.6. The van der Waals surface area contributed by atoms with E-state index in [2.05, 4.69) is 20.5 Å². The highest BCUT2D eigenvalue weighted by Gasteiger charge is 2.26. The van der Waals surface area contributed by atoms with Crippen molar-refractivity contribution in [3.63, 3.8) is 0 Å². The van der Waals surface area contributed by atoms with Crippen LogP contribution >= 0.6 is 0 Å². The van der Waals surface area contributed by atoms with Crippen molar-refractivity contribution >= 4 is 29.1 Å². The number of piperazine rings is 1. The normalized spacial score (nSPS) is 15.8. The van der Waals surface area contributed by atoms with Crippen LogP contribution in [0.1, 0.15) is 37.5 Å². The van der Waals surface area contributed by atoms with Crippen LogP contribution in [0.15, 0.2) is 67.0 Å². The van der Waals surface area contributed by atoms with Gasteiger partial charge in [0.15, 0.2) is 0 Å². The lowest BCUT2D eigenvalue weighted by molar-refractivity contribution is 0.0743. The van der Waals surface area contributed by atoms with Crippen LogP contribution in [0.25, 0.3) is 0 Å². The van der Waals surface area contributed by atoms with Gasteiger partial charge in [0.25, 0.3) is 17.7 Å². The summed E-state index contributed by atoms with van der Waals surface area (Å²) in [5, 5.41) is 6.33. The maximum atomic E-state index is 13.4. The zero-order valence-corrected chi connectivity index (χ0v) is 22.6. The van der Waals surface area contributed by atoms with E-state index in [1.807, 2.05) is 34.1 Å². The van der Waals surface area contributed by atoms with Crippen molar-refractivity contribution < 1.29 is 19.1 Å². The molecule has 3 heterocycles. The van der Waals surface area contributed by atoms with Gasteiger partial charge < -0.3 is 30.1 Å². The second-order valence-corrected chi connectivity index (χ2v) is 9.83. The number of carbonyl (C=O) groups is 3. The maximum Gasteiger partial charge on any atom is 0.257 e. The summed E-state index contributed by atoms with van der Waals surface area (Å²) in [6, 6.07) is 16.0.